The Morgan fingerprint density at radius 1 is 1.38 bits per heavy atom. The topological polar surface area (TPSA) is 75.6 Å². The zero-order valence-corrected chi connectivity index (χ0v) is 13.5. The zero-order chi connectivity index (χ0) is 15.6. The number of sulfonamides is 1. The molecular formula is C15H23NO4S. The normalized spacial score (nSPS) is 23.2. The Morgan fingerprint density at radius 3 is 2.71 bits per heavy atom. The summed E-state index contributed by atoms with van der Waals surface area (Å²) in [7, 11) is -3.59. The maximum atomic E-state index is 12.6. The van der Waals surface area contributed by atoms with Crippen LogP contribution < -0.4 is 4.72 Å². The molecule has 2 atom stereocenters. The van der Waals surface area contributed by atoms with Crippen LogP contribution in [0.3, 0.4) is 0 Å². The molecule has 0 amide bonds. The fraction of sp³-hybridized carbons (Fsp3) is 0.600. The SMILES string of the molecule is Cc1cc(CO)cc(S(=O)(=O)NC2CCOC(C)C2)c1C. The van der Waals surface area contributed by atoms with Crippen molar-refractivity contribution in [3.63, 3.8) is 0 Å². The molecule has 6 heteroatoms. The monoisotopic (exact) mass is 313 g/mol. The molecule has 0 aromatic heterocycles. The van der Waals surface area contributed by atoms with Gasteiger partial charge in [-0.1, -0.05) is 6.07 Å². The summed E-state index contributed by atoms with van der Waals surface area (Å²) in [5.74, 6) is 0. The predicted octanol–water partition coefficient (Wildman–Crippen LogP) is 1.64. The van der Waals surface area contributed by atoms with E-state index in [2.05, 4.69) is 4.72 Å². The highest BCUT2D eigenvalue weighted by molar-refractivity contribution is 7.89. The van der Waals surface area contributed by atoms with Gasteiger partial charge in [-0.15, -0.1) is 0 Å². The maximum absolute atomic E-state index is 12.6. The molecule has 1 aliphatic heterocycles. The standard InChI is InChI=1S/C15H23NO4S/c1-10-6-13(9-17)8-15(12(10)3)21(18,19)16-14-4-5-20-11(2)7-14/h6,8,11,14,16-17H,4-5,7,9H2,1-3H3. The summed E-state index contributed by atoms with van der Waals surface area (Å²) in [6, 6.07) is 3.26. The molecule has 2 N–H and O–H groups in total. The number of rotatable bonds is 4. The Labute approximate surface area is 126 Å². The maximum Gasteiger partial charge on any atom is 0.241 e. The van der Waals surface area contributed by atoms with E-state index in [0.717, 1.165) is 11.1 Å². The van der Waals surface area contributed by atoms with Crippen LogP contribution in [0.25, 0.3) is 0 Å². The second kappa shape index (κ2) is 6.44. The fourth-order valence-corrected chi connectivity index (χ4v) is 4.31. The molecule has 0 saturated carbocycles. The van der Waals surface area contributed by atoms with Gasteiger partial charge in [0.15, 0.2) is 0 Å². The summed E-state index contributed by atoms with van der Waals surface area (Å²) < 4.78 is 33.4. The molecular weight excluding hydrogens is 290 g/mol. The molecule has 118 valence electrons. The number of aliphatic hydroxyl groups excluding tert-OH is 1. The zero-order valence-electron chi connectivity index (χ0n) is 12.7. The smallest absolute Gasteiger partial charge is 0.241 e. The summed E-state index contributed by atoms with van der Waals surface area (Å²) in [6.45, 7) is 5.99. The molecule has 0 radical (unpaired) electrons. The summed E-state index contributed by atoms with van der Waals surface area (Å²) in [6.07, 6.45) is 1.43. The van der Waals surface area contributed by atoms with E-state index in [1.165, 1.54) is 0 Å². The molecule has 1 heterocycles. The van der Waals surface area contributed by atoms with Crippen molar-refractivity contribution in [3.05, 3.63) is 28.8 Å². The molecule has 1 aliphatic rings. The first kappa shape index (κ1) is 16.4. The van der Waals surface area contributed by atoms with Gasteiger partial charge in [-0.3, -0.25) is 0 Å². The predicted molar refractivity (Wildman–Crippen MR) is 80.6 cm³/mol. The van der Waals surface area contributed by atoms with E-state index in [1.54, 1.807) is 13.0 Å². The third-order valence-corrected chi connectivity index (χ3v) is 5.61. The number of nitrogens with one attached hydrogen (secondary N) is 1. The van der Waals surface area contributed by atoms with Crippen molar-refractivity contribution < 1.29 is 18.3 Å². The average Bonchev–Trinajstić information content (AvgIpc) is 2.41. The summed E-state index contributed by atoms with van der Waals surface area (Å²) >= 11 is 0. The molecule has 2 unspecified atom stereocenters. The van der Waals surface area contributed by atoms with Gasteiger partial charge in [0, 0.05) is 12.6 Å². The van der Waals surface area contributed by atoms with E-state index in [0.29, 0.717) is 25.0 Å². The number of hydrogen-bond acceptors (Lipinski definition) is 4. The molecule has 0 aliphatic carbocycles. The third kappa shape index (κ3) is 3.83. The van der Waals surface area contributed by atoms with Crippen molar-refractivity contribution in [1.82, 2.24) is 4.72 Å². The Kier molecular flexibility index (Phi) is 5.03. The largest absolute Gasteiger partial charge is 0.392 e. The molecule has 0 bridgehead atoms. The van der Waals surface area contributed by atoms with Gasteiger partial charge in [0.05, 0.1) is 17.6 Å². The highest BCUT2D eigenvalue weighted by Gasteiger charge is 2.26. The minimum absolute atomic E-state index is 0.0676. The first-order valence-corrected chi connectivity index (χ1v) is 8.66. The highest BCUT2D eigenvalue weighted by Crippen LogP contribution is 2.23. The van der Waals surface area contributed by atoms with Crippen molar-refractivity contribution >= 4 is 10.0 Å². The van der Waals surface area contributed by atoms with E-state index in [-0.39, 0.29) is 23.6 Å². The van der Waals surface area contributed by atoms with Gasteiger partial charge in [-0.2, -0.15) is 0 Å². The van der Waals surface area contributed by atoms with Gasteiger partial charge in [-0.05, 0) is 56.4 Å². The van der Waals surface area contributed by atoms with Crippen LogP contribution in [0.1, 0.15) is 36.5 Å². The Bertz CT molecular complexity index is 612. The first-order chi connectivity index (χ1) is 9.83. The lowest BCUT2D eigenvalue weighted by Crippen LogP contribution is -2.41. The summed E-state index contributed by atoms with van der Waals surface area (Å²) in [5, 5.41) is 9.27. The molecule has 5 nitrogen and oxygen atoms in total. The number of aliphatic hydroxyl groups is 1. The van der Waals surface area contributed by atoms with Gasteiger partial charge in [-0.25, -0.2) is 13.1 Å². The quantitative estimate of drug-likeness (QED) is 0.886. The Hall–Kier alpha value is -0.950. The van der Waals surface area contributed by atoms with Crippen molar-refractivity contribution in [2.75, 3.05) is 6.61 Å². The number of aryl methyl sites for hydroxylation is 1. The molecule has 2 rings (SSSR count). The van der Waals surface area contributed by atoms with Gasteiger partial charge < -0.3 is 9.84 Å². The van der Waals surface area contributed by atoms with Crippen LogP contribution in [-0.2, 0) is 21.4 Å². The highest BCUT2D eigenvalue weighted by atomic mass is 32.2. The fourth-order valence-electron chi connectivity index (χ4n) is 2.66. The molecule has 0 spiro atoms. The second-order valence-corrected chi connectivity index (χ2v) is 7.40. The van der Waals surface area contributed by atoms with Crippen molar-refractivity contribution in [2.45, 2.75) is 57.3 Å². The van der Waals surface area contributed by atoms with E-state index >= 15 is 0 Å². The molecule has 1 saturated heterocycles. The van der Waals surface area contributed by atoms with Crippen molar-refractivity contribution in [1.29, 1.82) is 0 Å². The number of hydrogen-bond donors (Lipinski definition) is 2. The molecule has 21 heavy (non-hydrogen) atoms. The van der Waals surface area contributed by atoms with Crippen LogP contribution in [0, 0.1) is 13.8 Å². The molecule has 1 fully saturated rings. The van der Waals surface area contributed by atoms with Gasteiger partial charge in [0.2, 0.25) is 10.0 Å². The van der Waals surface area contributed by atoms with Crippen LogP contribution in [0.15, 0.2) is 17.0 Å². The minimum atomic E-state index is -3.59. The first-order valence-electron chi connectivity index (χ1n) is 7.18. The lowest BCUT2D eigenvalue weighted by atomic mass is 10.1. The summed E-state index contributed by atoms with van der Waals surface area (Å²) in [4.78, 5) is 0.255. The summed E-state index contributed by atoms with van der Waals surface area (Å²) in [5.41, 5.74) is 2.20. The molecule has 1 aromatic carbocycles. The Morgan fingerprint density at radius 2 is 2.10 bits per heavy atom. The average molecular weight is 313 g/mol. The van der Waals surface area contributed by atoms with Gasteiger partial charge >= 0.3 is 0 Å². The van der Waals surface area contributed by atoms with Crippen LogP contribution in [0.5, 0.6) is 0 Å². The van der Waals surface area contributed by atoms with Gasteiger partial charge in [0.1, 0.15) is 0 Å². The van der Waals surface area contributed by atoms with E-state index in [4.69, 9.17) is 4.74 Å². The van der Waals surface area contributed by atoms with Crippen molar-refractivity contribution in [3.8, 4) is 0 Å². The van der Waals surface area contributed by atoms with Gasteiger partial charge in [0.25, 0.3) is 0 Å². The molecule has 1 aromatic rings. The number of ether oxygens (including phenoxy) is 1. The Balaban J connectivity index is 2.29. The number of benzene rings is 1. The minimum Gasteiger partial charge on any atom is -0.392 e. The van der Waals surface area contributed by atoms with Crippen LogP contribution in [0.4, 0.5) is 0 Å². The van der Waals surface area contributed by atoms with Crippen LogP contribution in [0.2, 0.25) is 0 Å². The second-order valence-electron chi connectivity index (χ2n) is 5.72. The van der Waals surface area contributed by atoms with Crippen LogP contribution in [-0.4, -0.2) is 32.3 Å². The van der Waals surface area contributed by atoms with E-state index < -0.39 is 10.0 Å². The lowest BCUT2D eigenvalue weighted by molar-refractivity contribution is 0.0173. The van der Waals surface area contributed by atoms with Crippen LogP contribution >= 0.6 is 0 Å². The third-order valence-electron chi connectivity index (χ3n) is 3.96. The van der Waals surface area contributed by atoms with Crippen molar-refractivity contribution in [2.24, 2.45) is 0 Å². The van der Waals surface area contributed by atoms with E-state index in [9.17, 15) is 13.5 Å². The van der Waals surface area contributed by atoms with E-state index in [1.807, 2.05) is 19.9 Å². The lowest BCUT2D eigenvalue weighted by Gasteiger charge is -2.28.